The van der Waals surface area contributed by atoms with Gasteiger partial charge in [0.2, 0.25) is 12.0 Å². The van der Waals surface area contributed by atoms with Crippen LogP contribution in [0.2, 0.25) is 0 Å². The molecule has 2 aromatic rings. The molecule has 0 aliphatic carbocycles. The van der Waals surface area contributed by atoms with Crippen molar-refractivity contribution in [3.05, 3.63) is 59.7 Å². The van der Waals surface area contributed by atoms with Crippen molar-refractivity contribution in [3.8, 4) is 0 Å². The monoisotopic (exact) mass is 384 g/mol. The predicted molar refractivity (Wildman–Crippen MR) is 104 cm³/mol. The molecule has 0 fully saturated rings. The minimum Gasteiger partial charge on any atom is -0.444 e. The van der Waals surface area contributed by atoms with E-state index in [1.807, 2.05) is 6.07 Å². The van der Waals surface area contributed by atoms with Crippen molar-refractivity contribution >= 4 is 35.2 Å². The van der Waals surface area contributed by atoms with E-state index in [0.29, 0.717) is 23.4 Å². The Morgan fingerprint density at radius 1 is 1.15 bits per heavy atom. The third-order valence-corrected chi connectivity index (χ3v) is 5.14. The zero-order valence-electron chi connectivity index (χ0n) is 15.1. The molecule has 1 N–H and O–H groups in total. The van der Waals surface area contributed by atoms with Crippen LogP contribution in [-0.2, 0) is 14.3 Å². The molecule has 3 rings (SSSR count). The lowest BCUT2D eigenvalue weighted by molar-refractivity contribution is -0.138. The van der Waals surface area contributed by atoms with Gasteiger partial charge in [-0.2, -0.15) is 0 Å². The van der Waals surface area contributed by atoms with Crippen molar-refractivity contribution in [1.82, 2.24) is 4.90 Å². The summed E-state index contributed by atoms with van der Waals surface area (Å²) < 4.78 is 5.55. The van der Waals surface area contributed by atoms with Crippen LogP contribution in [0.25, 0.3) is 0 Å². The number of nitrogens with zero attached hydrogens (tertiary/aromatic N) is 1. The molecule has 1 aliphatic rings. The van der Waals surface area contributed by atoms with E-state index in [0.717, 1.165) is 4.90 Å². The highest BCUT2D eigenvalue weighted by molar-refractivity contribution is 7.99. The molecule has 0 bridgehead atoms. The molecule has 1 atom stereocenters. The second-order valence-corrected chi connectivity index (χ2v) is 7.42. The van der Waals surface area contributed by atoms with Crippen molar-refractivity contribution in [2.24, 2.45) is 0 Å². The Morgan fingerprint density at radius 3 is 2.59 bits per heavy atom. The Morgan fingerprint density at radius 2 is 1.89 bits per heavy atom. The van der Waals surface area contributed by atoms with Crippen LogP contribution >= 0.6 is 11.8 Å². The molecular formula is C20H20N2O4S. The predicted octanol–water partition coefficient (Wildman–Crippen LogP) is 3.11. The third-order valence-electron chi connectivity index (χ3n) is 4.07. The van der Waals surface area contributed by atoms with E-state index >= 15 is 0 Å². The zero-order chi connectivity index (χ0) is 19.4. The first-order chi connectivity index (χ1) is 13.0. The number of rotatable bonds is 4. The van der Waals surface area contributed by atoms with E-state index < -0.39 is 12.1 Å². The van der Waals surface area contributed by atoms with Crippen molar-refractivity contribution in [3.63, 3.8) is 0 Å². The van der Waals surface area contributed by atoms with Crippen LogP contribution < -0.4 is 5.32 Å². The van der Waals surface area contributed by atoms with E-state index in [1.165, 1.54) is 4.90 Å². The van der Waals surface area contributed by atoms with Crippen LogP contribution in [0.3, 0.4) is 0 Å². The number of benzene rings is 2. The molecule has 0 aromatic heterocycles. The van der Waals surface area contributed by atoms with Gasteiger partial charge in [-0.05, 0) is 18.2 Å². The topological polar surface area (TPSA) is 75.7 Å². The van der Waals surface area contributed by atoms with E-state index in [9.17, 15) is 14.4 Å². The van der Waals surface area contributed by atoms with Crippen molar-refractivity contribution < 1.29 is 19.1 Å². The lowest BCUT2D eigenvalue weighted by atomic mass is 10.1. The largest absolute Gasteiger partial charge is 0.444 e. The van der Waals surface area contributed by atoms with Crippen LogP contribution in [0.1, 0.15) is 28.4 Å². The maximum absolute atomic E-state index is 12.7. The minimum absolute atomic E-state index is 0.0864. The van der Waals surface area contributed by atoms with E-state index in [-0.39, 0.29) is 17.4 Å². The highest BCUT2D eigenvalue weighted by atomic mass is 32.2. The summed E-state index contributed by atoms with van der Waals surface area (Å²) in [6, 6.07) is 13.9. The van der Waals surface area contributed by atoms with Gasteiger partial charge < -0.3 is 15.0 Å². The molecule has 0 unspecified atom stereocenters. The summed E-state index contributed by atoms with van der Waals surface area (Å²) in [5, 5.41) is 2.80. The summed E-state index contributed by atoms with van der Waals surface area (Å²) in [5.74, 6) is -0.342. The first-order valence-corrected chi connectivity index (χ1v) is 9.48. The Labute approximate surface area is 161 Å². The molecule has 6 nitrogen and oxygen atoms in total. The Bertz CT molecular complexity index is 868. The van der Waals surface area contributed by atoms with Crippen LogP contribution in [0.4, 0.5) is 5.69 Å². The van der Waals surface area contributed by atoms with Crippen LogP contribution in [0.5, 0.6) is 0 Å². The Kier molecular flexibility index (Phi) is 5.81. The average Bonchev–Trinajstić information content (AvgIpc) is 2.85. The van der Waals surface area contributed by atoms with Gasteiger partial charge in [-0.15, -0.1) is 11.8 Å². The quantitative estimate of drug-likeness (QED) is 0.820. The summed E-state index contributed by atoms with van der Waals surface area (Å²) in [7, 11) is 3.22. The zero-order valence-corrected chi connectivity index (χ0v) is 15.9. The molecule has 27 heavy (non-hydrogen) atoms. The molecule has 2 amide bonds. The number of ether oxygens (including phenoxy) is 1. The van der Waals surface area contributed by atoms with Crippen LogP contribution in [-0.4, -0.2) is 42.5 Å². The minimum atomic E-state index is -1.03. The molecule has 1 heterocycles. The van der Waals surface area contributed by atoms with E-state index in [4.69, 9.17) is 4.74 Å². The first kappa shape index (κ1) is 19.0. The number of esters is 1. The summed E-state index contributed by atoms with van der Waals surface area (Å²) in [5.41, 5.74) is 1.47. The lowest BCUT2D eigenvalue weighted by Crippen LogP contribution is -2.31. The third kappa shape index (κ3) is 4.49. The fourth-order valence-corrected chi connectivity index (χ4v) is 3.58. The number of amides is 2. The average molecular weight is 384 g/mol. The van der Waals surface area contributed by atoms with Gasteiger partial charge in [0.25, 0.3) is 5.91 Å². The number of anilines is 1. The van der Waals surface area contributed by atoms with Gasteiger partial charge >= 0.3 is 5.97 Å². The molecule has 0 saturated heterocycles. The number of thioether (sulfide) groups is 1. The van der Waals surface area contributed by atoms with Crippen LogP contribution in [0, 0.1) is 0 Å². The van der Waals surface area contributed by atoms with E-state index in [1.54, 1.807) is 68.3 Å². The molecule has 7 heteroatoms. The number of fused-ring (bicyclic) bond motifs is 1. The van der Waals surface area contributed by atoms with Crippen molar-refractivity contribution in [1.29, 1.82) is 0 Å². The number of likely N-dealkylation sites (N-methyl/N-ethyl adjacent to an activating group) is 1. The second kappa shape index (κ2) is 8.26. The Hall–Kier alpha value is -2.80. The SMILES string of the molecule is CN(C)C(=O)[C@@H](OC(=O)c1ccc2c(c1)NC(=O)CCS2)c1ccccc1. The van der Waals surface area contributed by atoms with Gasteiger partial charge in [-0.1, -0.05) is 30.3 Å². The summed E-state index contributed by atoms with van der Waals surface area (Å²) >= 11 is 1.56. The Balaban J connectivity index is 1.86. The first-order valence-electron chi connectivity index (χ1n) is 8.49. The molecule has 0 radical (unpaired) electrons. The standard InChI is InChI=1S/C20H20N2O4S/c1-22(2)19(24)18(13-6-4-3-5-7-13)26-20(25)14-8-9-16-15(12-14)21-17(23)10-11-27-16/h3-9,12,18H,10-11H2,1-2H3,(H,21,23)/t18-/m0/s1. The molecule has 0 spiro atoms. The van der Waals surface area contributed by atoms with Gasteiger partial charge in [0.15, 0.2) is 0 Å². The number of hydrogen-bond donors (Lipinski definition) is 1. The molecule has 2 aromatic carbocycles. The number of hydrogen-bond acceptors (Lipinski definition) is 5. The molecule has 0 saturated carbocycles. The summed E-state index contributed by atoms with van der Waals surface area (Å²) in [6.45, 7) is 0. The van der Waals surface area contributed by atoms with E-state index in [2.05, 4.69) is 5.32 Å². The van der Waals surface area contributed by atoms with Gasteiger partial charge in [0.1, 0.15) is 0 Å². The van der Waals surface area contributed by atoms with Crippen LogP contribution in [0.15, 0.2) is 53.4 Å². The van der Waals surface area contributed by atoms with Gasteiger partial charge in [0.05, 0.1) is 11.3 Å². The fourth-order valence-electron chi connectivity index (χ4n) is 2.65. The summed E-state index contributed by atoms with van der Waals surface area (Å²) in [6.07, 6.45) is -0.608. The maximum Gasteiger partial charge on any atom is 0.339 e. The normalized spacial score (nSPS) is 14.4. The lowest BCUT2D eigenvalue weighted by Gasteiger charge is -2.21. The number of nitrogens with one attached hydrogen (secondary N) is 1. The number of carbonyl (C=O) groups is 3. The van der Waals surface area contributed by atoms with Gasteiger partial charge in [-0.3, -0.25) is 9.59 Å². The number of carbonyl (C=O) groups excluding carboxylic acids is 3. The van der Waals surface area contributed by atoms with Gasteiger partial charge in [-0.25, -0.2) is 4.79 Å². The fraction of sp³-hybridized carbons (Fsp3) is 0.250. The molecule has 1 aliphatic heterocycles. The molecule has 140 valence electrons. The van der Waals surface area contributed by atoms with Crippen molar-refractivity contribution in [2.75, 3.05) is 25.2 Å². The highest BCUT2D eigenvalue weighted by Gasteiger charge is 2.27. The smallest absolute Gasteiger partial charge is 0.339 e. The highest BCUT2D eigenvalue weighted by Crippen LogP contribution is 2.32. The summed E-state index contributed by atoms with van der Waals surface area (Å²) in [4.78, 5) is 39.3. The van der Waals surface area contributed by atoms with Gasteiger partial charge in [0, 0.05) is 36.7 Å². The van der Waals surface area contributed by atoms with Crippen molar-refractivity contribution in [2.45, 2.75) is 17.4 Å². The maximum atomic E-state index is 12.7. The molecular weight excluding hydrogens is 364 g/mol. The second-order valence-electron chi connectivity index (χ2n) is 6.29.